The zero-order valence-corrected chi connectivity index (χ0v) is 11.8. The van der Waals surface area contributed by atoms with Crippen LogP contribution in [0.4, 0.5) is 11.4 Å². The highest BCUT2D eigenvalue weighted by atomic mass is 16.6. The second-order valence-electron chi connectivity index (χ2n) is 4.28. The average molecular weight is 288 g/mol. The number of ether oxygens (including phenoxy) is 2. The Balaban J connectivity index is 2.23. The maximum absolute atomic E-state index is 11.0. The first kappa shape index (κ1) is 14.6. The highest BCUT2D eigenvalue weighted by Gasteiger charge is 2.14. The zero-order valence-electron chi connectivity index (χ0n) is 11.8. The van der Waals surface area contributed by atoms with E-state index in [4.69, 9.17) is 9.47 Å². The standard InChI is InChI=1S/C15H16N2O4/c1-20-14-9-5-6-11(15(14)21-2)10-16-12-7-3-4-8-13(12)17(18)19/h3-9,16H,10H2,1-2H3. The maximum Gasteiger partial charge on any atom is 0.292 e. The average Bonchev–Trinajstić information content (AvgIpc) is 2.52. The molecule has 6 heteroatoms. The first-order valence-electron chi connectivity index (χ1n) is 6.34. The predicted octanol–water partition coefficient (Wildman–Crippen LogP) is 3.22. The van der Waals surface area contributed by atoms with Gasteiger partial charge in [0.25, 0.3) is 5.69 Å². The number of hydrogen-bond donors (Lipinski definition) is 1. The molecule has 2 aromatic rings. The van der Waals surface area contributed by atoms with E-state index in [0.29, 0.717) is 23.7 Å². The van der Waals surface area contributed by atoms with Crippen LogP contribution in [0, 0.1) is 10.1 Å². The van der Waals surface area contributed by atoms with Crippen molar-refractivity contribution in [2.75, 3.05) is 19.5 Å². The number of nitrogens with zero attached hydrogens (tertiary/aromatic N) is 1. The van der Waals surface area contributed by atoms with E-state index in [9.17, 15) is 10.1 Å². The molecule has 0 aliphatic rings. The molecule has 0 aliphatic carbocycles. The number of benzene rings is 2. The van der Waals surface area contributed by atoms with Crippen molar-refractivity contribution in [1.29, 1.82) is 0 Å². The largest absolute Gasteiger partial charge is 0.493 e. The molecule has 1 N–H and O–H groups in total. The van der Waals surface area contributed by atoms with Crippen LogP contribution >= 0.6 is 0 Å². The lowest BCUT2D eigenvalue weighted by atomic mass is 10.1. The molecule has 110 valence electrons. The third-order valence-electron chi connectivity index (χ3n) is 3.05. The molecule has 0 bridgehead atoms. The topological polar surface area (TPSA) is 73.6 Å². The van der Waals surface area contributed by atoms with Crippen LogP contribution in [0.1, 0.15) is 5.56 Å². The fraction of sp³-hybridized carbons (Fsp3) is 0.200. The second-order valence-corrected chi connectivity index (χ2v) is 4.28. The Morgan fingerprint density at radius 2 is 1.86 bits per heavy atom. The van der Waals surface area contributed by atoms with E-state index in [1.165, 1.54) is 6.07 Å². The van der Waals surface area contributed by atoms with Crippen molar-refractivity contribution < 1.29 is 14.4 Å². The van der Waals surface area contributed by atoms with Gasteiger partial charge < -0.3 is 14.8 Å². The second kappa shape index (κ2) is 6.60. The quantitative estimate of drug-likeness (QED) is 0.652. The fourth-order valence-corrected chi connectivity index (χ4v) is 2.07. The lowest BCUT2D eigenvalue weighted by Crippen LogP contribution is -2.04. The molecule has 6 nitrogen and oxygen atoms in total. The van der Waals surface area contributed by atoms with Crippen molar-refractivity contribution in [3.05, 3.63) is 58.1 Å². The molecular weight excluding hydrogens is 272 g/mol. The van der Waals surface area contributed by atoms with Gasteiger partial charge in [-0.1, -0.05) is 24.3 Å². The number of nitrogens with one attached hydrogen (secondary N) is 1. The van der Waals surface area contributed by atoms with E-state index in [-0.39, 0.29) is 5.69 Å². The van der Waals surface area contributed by atoms with Crippen molar-refractivity contribution in [2.24, 2.45) is 0 Å². The van der Waals surface area contributed by atoms with Gasteiger partial charge in [0.05, 0.1) is 19.1 Å². The Labute approximate surface area is 122 Å². The minimum Gasteiger partial charge on any atom is -0.493 e. The molecule has 2 rings (SSSR count). The highest BCUT2D eigenvalue weighted by Crippen LogP contribution is 2.32. The number of rotatable bonds is 6. The molecule has 0 spiro atoms. The SMILES string of the molecule is COc1cccc(CNc2ccccc2[N+](=O)[O-])c1OC. The third kappa shape index (κ3) is 3.22. The Bertz CT molecular complexity index is 643. The summed E-state index contributed by atoms with van der Waals surface area (Å²) in [7, 11) is 3.13. The van der Waals surface area contributed by atoms with Crippen molar-refractivity contribution >= 4 is 11.4 Å². The Kier molecular flexibility index (Phi) is 4.61. The number of hydrogen-bond acceptors (Lipinski definition) is 5. The van der Waals surface area contributed by atoms with Gasteiger partial charge in [-0.3, -0.25) is 10.1 Å². The van der Waals surface area contributed by atoms with Gasteiger partial charge in [-0.15, -0.1) is 0 Å². The fourth-order valence-electron chi connectivity index (χ4n) is 2.07. The van der Waals surface area contributed by atoms with Crippen molar-refractivity contribution in [2.45, 2.75) is 6.54 Å². The molecule has 0 radical (unpaired) electrons. The monoisotopic (exact) mass is 288 g/mol. The summed E-state index contributed by atoms with van der Waals surface area (Å²) in [6, 6.07) is 12.0. The number of nitro groups is 1. The molecular formula is C15H16N2O4. The van der Waals surface area contributed by atoms with Crippen LogP contribution in [-0.4, -0.2) is 19.1 Å². The first-order valence-corrected chi connectivity index (χ1v) is 6.34. The minimum atomic E-state index is -0.412. The van der Waals surface area contributed by atoms with Crippen molar-refractivity contribution in [3.8, 4) is 11.5 Å². The summed E-state index contributed by atoms with van der Waals surface area (Å²) in [5.74, 6) is 1.24. The molecule has 0 saturated heterocycles. The molecule has 0 fully saturated rings. The van der Waals surface area contributed by atoms with Gasteiger partial charge in [-0.05, 0) is 12.1 Å². The number of para-hydroxylation sites is 3. The Hall–Kier alpha value is -2.76. The first-order chi connectivity index (χ1) is 10.2. The normalized spacial score (nSPS) is 10.0. The van der Waals surface area contributed by atoms with Crippen LogP contribution in [-0.2, 0) is 6.54 Å². The van der Waals surface area contributed by atoms with Crippen LogP contribution in [0.15, 0.2) is 42.5 Å². The lowest BCUT2D eigenvalue weighted by molar-refractivity contribution is -0.384. The van der Waals surface area contributed by atoms with Gasteiger partial charge in [-0.25, -0.2) is 0 Å². The summed E-state index contributed by atoms with van der Waals surface area (Å²) in [6.45, 7) is 0.394. The molecule has 21 heavy (non-hydrogen) atoms. The van der Waals surface area contributed by atoms with E-state index in [1.54, 1.807) is 38.5 Å². The summed E-state index contributed by atoms with van der Waals surface area (Å²) in [5, 5.41) is 14.0. The van der Waals surface area contributed by atoms with E-state index in [2.05, 4.69) is 5.32 Å². The van der Waals surface area contributed by atoms with Gasteiger partial charge >= 0.3 is 0 Å². The summed E-state index contributed by atoms with van der Waals surface area (Å²) < 4.78 is 10.6. The molecule has 0 heterocycles. The third-order valence-corrected chi connectivity index (χ3v) is 3.05. The lowest BCUT2D eigenvalue weighted by Gasteiger charge is -2.13. The van der Waals surface area contributed by atoms with Gasteiger partial charge in [0.15, 0.2) is 11.5 Å². The Morgan fingerprint density at radius 3 is 2.52 bits per heavy atom. The molecule has 0 unspecified atom stereocenters. The molecule has 0 atom stereocenters. The van der Waals surface area contributed by atoms with E-state index < -0.39 is 4.92 Å². The molecule has 0 aromatic heterocycles. The number of nitro benzene ring substituents is 1. The summed E-state index contributed by atoms with van der Waals surface area (Å²) in [6.07, 6.45) is 0. The van der Waals surface area contributed by atoms with E-state index in [0.717, 1.165) is 5.56 Å². The van der Waals surface area contributed by atoms with Gasteiger partial charge in [0.1, 0.15) is 5.69 Å². The van der Waals surface area contributed by atoms with E-state index in [1.807, 2.05) is 12.1 Å². The van der Waals surface area contributed by atoms with Gasteiger partial charge in [0, 0.05) is 18.2 Å². The summed E-state index contributed by atoms with van der Waals surface area (Å²) in [4.78, 5) is 10.6. The van der Waals surface area contributed by atoms with Gasteiger partial charge in [0.2, 0.25) is 0 Å². The predicted molar refractivity (Wildman–Crippen MR) is 80.0 cm³/mol. The highest BCUT2D eigenvalue weighted by molar-refractivity contribution is 5.61. The maximum atomic E-state index is 11.0. The molecule has 0 saturated carbocycles. The summed E-state index contributed by atoms with van der Waals surface area (Å²) >= 11 is 0. The van der Waals surface area contributed by atoms with Crippen LogP contribution in [0.25, 0.3) is 0 Å². The van der Waals surface area contributed by atoms with Crippen LogP contribution in [0.2, 0.25) is 0 Å². The van der Waals surface area contributed by atoms with Gasteiger partial charge in [-0.2, -0.15) is 0 Å². The molecule has 2 aromatic carbocycles. The zero-order chi connectivity index (χ0) is 15.2. The van der Waals surface area contributed by atoms with E-state index >= 15 is 0 Å². The number of methoxy groups -OCH3 is 2. The van der Waals surface area contributed by atoms with Crippen LogP contribution < -0.4 is 14.8 Å². The minimum absolute atomic E-state index is 0.0411. The van der Waals surface area contributed by atoms with Crippen LogP contribution in [0.5, 0.6) is 11.5 Å². The smallest absolute Gasteiger partial charge is 0.292 e. The van der Waals surface area contributed by atoms with Crippen molar-refractivity contribution in [1.82, 2.24) is 0 Å². The molecule has 0 amide bonds. The summed E-state index contributed by atoms with van der Waals surface area (Å²) in [5.41, 5.74) is 1.36. The number of anilines is 1. The van der Waals surface area contributed by atoms with Crippen LogP contribution in [0.3, 0.4) is 0 Å². The van der Waals surface area contributed by atoms with Crippen molar-refractivity contribution in [3.63, 3.8) is 0 Å². The Morgan fingerprint density at radius 1 is 1.10 bits per heavy atom. The molecule has 0 aliphatic heterocycles.